The van der Waals surface area contributed by atoms with Crippen molar-refractivity contribution in [3.63, 3.8) is 0 Å². The minimum absolute atomic E-state index is 0.276. The van der Waals surface area contributed by atoms with E-state index in [2.05, 4.69) is 13.0 Å². The summed E-state index contributed by atoms with van der Waals surface area (Å²) in [5, 5.41) is 28.1. The number of carboxylic acids is 1. The first-order valence-electron chi connectivity index (χ1n) is 8.80. The van der Waals surface area contributed by atoms with Gasteiger partial charge in [-0.2, -0.15) is 0 Å². The van der Waals surface area contributed by atoms with E-state index in [1.165, 1.54) is 0 Å². The minimum atomic E-state index is -0.710. The molecule has 0 amide bonds. The molecule has 4 nitrogen and oxygen atoms in total. The van der Waals surface area contributed by atoms with E-state index in [0.29, 0.717) is 12.8 Å². The van der Waals surface area contributed by atoms with Gasteiger partial charge in [-0.3, -0.25) is 4.79 Å². The van der Waals surface area contributed by atoms with Gasteiger partial charge in [-0.1, -0.05) is 57.6 Å². The van der Waals surface area contributed by atoms with E-state index in [1.807, 2.05) is 6.08 Å². The number of carbonyl (C=O) groups is 1. The molecule has 0 aliphatic rings. The molecule has 0 aliphatic carbocycles. The third-order valence-electron chi connectivity index (χ3n) is 3.85. The van der Waals surface area contributed by atoms with Crippen LogP contribution in [0.25, 0.3) is 0 Å². The van der Waals surface area contributed by atoms with Crippen molar-refractivity contribution in [2.45, 2.75) is 96.2 Å². The van der Waals surface area contributed by atoms with Gasteiger partial charge in [0, 0.05) is 6.42 Å². The fourth-order valence-corrected chi connectivity index (χ4v) is 2.38. The molecule has 0 rings (SSSR count). The van der Waals surface area contributed by atoms with Crippen LogP contribution in [0.3, 0.4) is 0 Å². The number of aliphatic carboxylic acids is 1. The van der Waals surface area contributed by atoms with E-state index in [4.69, 9.17) is 5.11 Å². The maximum Gasteiger partial charge on any atom is 0.303 e. The second-order valence-corrected chi connectivity index (χ2v) is 6.04. The first-order chi connectivity index (χ1) is 10.6. The standard InChI is InChI=1S/C18H34O4/c1-2-3-10-13-16(19)17(20)14-11-8-6-4-5-7-9-12-15-18(21)22/h8,11,16-17,19-20H,2-7,9-10,12-15H2,1H3,(H,21,22)/b11-8-/t16-,17-/m0/s1. The van der Waals surface area contributed by atoms with Crippen molar-refractivity contribution in [3.8, 4) is 0 Å². The number of aliphatic hydroxyl groups excluding tert-OH is 2. The van der Waals surface area contributed by atoms with Crippen molar-refractivity contribution in [2.75, 3.05) is 0 Å². The Labute approximate surface area is 135 Å². The van der Waals surface area contributed by atoms with Gasteiger partial charge in [0.05, 0.1) is 12.2 Å². The van der Waals surface area contributed by atoms with Crippen molar-refractivity contribution >= 4 is 5.97 Å². The Morgan fingerprint density at radius 3 is 2.27 bits per heavy atom. The molecule has 0 spiro atoms. The first kappa shape index (κ1) is 21.1. The number of rotatable bonds is 15. The van der Waals surface area contributed by atoms with Crippen LogP contribution in [0.15, 0.2) is 12.2 Å². The highest BCUT2D eigenvalue weighted by molar-refractivity contribution is 5.66. The van der Waals surface area contributed by atoms with E-state index in [1.54, 1.807) is 0 Å². The molecule has 3 N–H and O–H groups in total. The zero-order valence-electron chi connectivity index (χ0n) is 14.0. The number of aliphatic hydroxyl groups is 2. The van der Waals surface area contributed by atoms with E-state index in [0.717, 1.165) is 57.8 Å². The number of unbranched alkanes of at least 4 members (excludes halogenated alkanes) is 7. The predicted molar refractivity (Wildman–Crippen MR) is 89.9 cm³/mol. The highest BCUT2D eigenvalue weighted by Crippen LogP contribution is 2.11. The molecule has 0 saturated carbocycles. The molecule has 0 saturated heterocycles. The quantitative estimate of drug-likeness (QED) is 0.315. The molecular formula is C18H34O4. The zero-order valence-corrected chi connectivity index (χ0v) is 14.0. The monoisotopic (exact) mass is 314 g/mol. The summed E-state index contributed by atoms with van der Waals surface area (Å²) >= 11 is 0. The summed E-state index contributed by atoms with van der Waals surface area (Å²) < 4.78 is 0. The Kier molecular flexibility index (Phi) is 14.4. The average Bonchev–Trinajstić information content (AvgIpc) is 2.48. The molecule has 0 radical (unpaired) electrons. The third kappa shape index (κ3) is 14.1. The molecule has 0 fully saturated rings. The lowest BCUT2D eigenvalue weighted by Crippen LogP contribution is -2.25. The Bertz CT molecular complexity index is 289. The molecule has 0 unspecified atom stereocenters. The van der Waals surface area contributed by atoms with Gasteiger partial charge in [0.25, 0.3) is 0 Å². The maximum atomic E-state index is 10.3. The van der Waals surface area contributed by atoms with Crippen LogP contribution in [0.4, 0.5) is 0 Å². The van der Waals surface area contributed by atoms with Crippen LogP contribution in [0.5, 0.6) is 0 Å². The molecule has 130 valence electrons. The summed E-state index contributed by atoms with van der Waals surface area (Å²) in [6.45, 7) is 2.12. The number of hydrogen-bond acceptors (Lipinski definition) is 3. The molecule has 0 aromatic rings. The van der Waals surface area contributed by atoms with Crippen LogP contribution in [0, 0.1) is 0 Å². The fourth-order valence-electron chi connectivity index (χ4n) is 2.38. The number of hydrogen-bond donors (Lipinski definition) is 3. The smallest absolute Gasteiger partial charge is 0.303 e. The minimum Gasteiger partial charge on any atom is -0.481 e. The topological polar surface area (TPSA) is 77.8 Å². The van der Waals surface area contributed by atoms with Crippen molar-refractivity contribution in [2.24, 2.45) is 0 Å². The van der Waals surface area contributed by atoms with Gasteiger partial charge in [0.1, 0.15) is 0 Å². The predicted octanol–water partition coefficient (Wildman–Crippen LogP) is 4.05. The third-order valence-corrected chi connectivity index (χ3v) is 3.85. The lowest BCUT2D eigenvalue weighted by molar-refractivity contribution is -0.137. The van der Waals surface area contributed by atoms with Crippen molar-refractivity contribution in [1.29, 1.82) is 0 Å². The van der Waals surface area contributed by atoms with Crippen LogP contribution in [-0.2, 0) is 4.79 Å². The van der Waals surface area contributed by atoms with Gasteiger partial charge in [0.15, 0.2) is 0 Å². The maximum absolute atomic E-state index is 10.3. The van der Waals surface area contributed by atoms with Crippen LogP contribution in [0.1, 0.15) is 84.0 Å². The average molecular weight is 314 g/mol. The van der Waals surface area contributed by atoms with Crippen LogP contribution in [-0.4, -0.2) is 33.5 Å². The molecular weight excluding hydrogens is 280 g/mol. The van der Waals surface area contributed by atoms with E-state index >= 15 is 0 Å². The van der Waals surface area contributed by atoms with Crippen molar-refractivity contribution in [3.05, 3.63) is 12.2 Å². The van der Waals surface area contributed by atoms with Crippen LogP contribution >= 0.6 is 0 Å². The van der Waals surface area contributed by atoms with E-state index in [-0.39, 0.29) is 6.42 Å². The second kappa shape index (κ2) is 15.0. The highest BCUT2D eigenvalue weighted by atomic mass is 16.4. The fraction of sp³-hybridized carbons (Fsp3) is 0.833. The van der Waals surface area contributed by atoms with Gasteiger partial charge < -0.3 is 15.3 Å². The Morgan fingerprint density at radius 2 is 1.59 bits per heavy atom. The van der Waals surface area contributed by atoms with Crippen molar-refractivity contribution in [1.82, 2.24) is 0 Å². The molecule has 2 atom stereocenters. The van der Waals surface area contributed by atoms with Crippen molar-refractivity contribution < 1.29 is 20.1 Å². The SMILES string of the molecule is CCCCC[C@H](O)[C@@H](O)C/C=C\CCCCCCCC(=O)O. The summed E-state index contributed by atoms with van der Waals surface area (Å²) in [5.74, 6) is -0.710. The van der Waals surface area contributed by atoms with Crippen LogP contribution in [0.2, 0.25) is 0 Å². The van der Waals surface area contributed by atoms with Gasteiger partial charge in [0.2, 0.25) is 0 Å². The normalized spacial score (nSPS) is 14.3. The Balaban J connectivity index is 3.43. The molecule has 0 aromatic heterocycles. The van der Waals surface area contributed by atoms with E-state index < -0.39 is 18.2 Å². The Hall–Kier alpha value is -0.870. The highest BCUT2D eigenvalue weighted by Gasteiger charge is 2.13. The van der Waals surface area contributed by atoms with Gasteiger partial charge >= 0.3 is 5.97 Å². The Morgan fingerprint density at radius 1 is 0.909 bits per heavy atom. The lowest BCUT2D eigenvalue weighted by Gasteiger charge is -2.15. The van der Waals surface area contributed by atoms with Crippen LogP contribution < -0.4 is 0 Å². The van der Waals surface area contributed by atoms with E-state index in [9.17, 15) is 15.0 Å². The molecule has 0 heterocycles. The lowest BCUT2D eigenvalue weighted by atomic mass is 10.0. The zero-order chi connectivity index (χ0) is 16.6. The second-order valence-electron chi connectivity index (χ2n) is 6.04. The first-order valence-corrected chi connectivity index (χ1v) is 8.80. The summed E-state index contributed by atoms with van der Waals surface area (Å²) in [6, 6.07) is 0. The largest absolute Gasteiger partial charge is 0.481 e. The summed E-state index contributed by atoms with van der Waals surface area (Å²) in [6.07, 6.45) is 13.5. The summed E-state index contributed by atoms with van der Waals surface area (Å²) in [7, 11) is 0. The summed E-state index contributed by atoms with van der Waals surface area (Å²) in [5.41, 5.74) is 0. The molecule has 0 bridgehead atoms. The molecule has 22 heavy (non-hydrogen) atoms. The van der Waals surface area contributed by atoms with Gasteiger partial charge in [-0.15, -0.1) is 0 Å². The molecule has 0 aliphatic heterocycles. The summed E-state index contributed by atoms with van der Waals surface area (Å²) in [4.78, 5) is 10.3. The number of allylic oxidation sites excluding steroid dienone is 1. The van der Waals surface area contributed by atoms with Gasteiger partial charge in [-0.05, 0) is 32.1 Å². The molecule has 0 aromatic carbocycles. The van der Waals surface area contributed by atoms with Gasteiger partial charge in [-0.25, -0.2) is 0 Å². The molecule has 4 heteroatoms. The number of carboxylic acid groups (broad SMARTS) is 1.